The van der Waals surface area contributed by atoms with Gasteiger partial charge < -0.3 is 19.7 Å². The van der Waals surface area contributed by atoms with Gasteiger partial charge in [-0.3, -0.25) is 4.90 Å². The molecule has 0 spiro atoms. The fraction of sp³-hybridized carbons (Fsp3) is 0.591. The van der Waals surface area contributed by atoms with E-state index in [1.807, 2.05) is 24.1 Å². The zero-order valence-corrected chi connectivity index (χ0v) is 17.8. The van der Waals surface area contributed by atoms with Gasteiger partial charge in [0.05, 0.1) is 26.3 Å². The molecule has 154 valence electrons. The number of ether oxygens (including phenoxy) is 2. The minimum Gasteiger partial charge on any atom is -0.497 e. The van der Waals surface area contributed by atoms with Crippen molar-refractivity contribution in [3.8, 4) is 11.5 Å². The SMILES string of the molecule is CCN1C(=O)N2Cc3cc(OC)cc(OC)c3CC/C=C\2C1(CC)CCNC. The van der Waals surface area contributed by atoms with Gasteiger partial charge in [0, 0.05) is 18.3 Å². The molecule has 0 bridgehead atoms. The molecule has 6 heteroatoms. The molecule has 0 aromatic heterocycles. The molecule has 0 saturated carbocycles. The summed E-state index contributed by atoms with van der Waals surface area (Å²) in [6.45, 7) is 6.39. The molecule has 28 heavy (non-hydrogen) atoms. The highest BCUT2D eigenvalue weighted by Crippen LogP contribution is 2.44. The third-order valence-corrected chi connectivity index (χ3v) is 6.23. The smallest absolute Gasteiger partial charge is 0.325 e. The van der Waals surface area contributed by atoms with Crippen molar-refractivity contribution < 1.29 is 14.3 Å². The molecule has 2 aliphatic heterocycles. The zero-order valence-electron chi connectivity index (χ0n) is 17.8. The summed E-state index contributed by atoms with van der Waals surface area (Å²) < 4.78 is 11.1. The number of nitrogens with one attached hydrogen (secondary N) is 1. The summed E-state index contributed by atoms with van der Waals surface area (Å²) in [4.78, 5) is 17.4. The van der Waals surface area contributed by atoms with Crippen LogP contribution in [0, 0.1) is 0 Å². The lowest BCUT2D eigenvalue weighted by Gasteiger charge is -2.37. The van der Waals surface area contributed by atoms with Gasteiger partial charge in [0.25, 0.3) is 0 Å². The first-order chi connectivity index (χ1) is 13.6. The molecule has 1 saturated heterocycles. The van der Waals surface area contributed by atoms with Crippen LogP contribution >= 0.6 is 0 Å². The fourth-order valence-electron chi connectivity index (χ4n) is 4.78. The van der Waals surface area contributed by atoms with Crippen LogP contribution in [0.15, 0.2) is 23.9 Å². The lowest BCUT2D eigenvalue weighted by molar-refractivity contribution is 0.155. The predicted octanol–water partition coefficient (Wildman–Crippen LogP) is 3.55. The summed E-state index contributed by atoms with van der Waals surface area (Å²) in [7, 11) is 5.32. The number of methoxy groups -OCH3 is 2. The highest BCUT2D eigenvalue weighted by molar-refractivity contribution is 5.82. The van der Waals surface area contributed by atoms with Gasteiger partial charge in [0.1, 0.15) is 11.5 Å². The molecule has 3 rings (SSSR count). The normalized spacial score (nSPS) is 23.5. The van der Waals surface area contributed by atoms with Crippen molar-refractivity contribution in [2.45, 2.75) is 51.6 Å². The van der Waals surface area contributed by atoms with Crippen molar-refractivity contribution in [1.29, 1.82) is 0 Å². The van der Waals surface area contributed by atoms with Crippen molar-refractivity contribution in [2.24, 2.45) is 0 Å². The summed E-state index contributed by atoms with van der Waals surface area (Å²) in [5, 5.41) is 3.27. The van der Waals surface area contributed by atoms with Crippen molar-refractivity contribution in [3.63, 3.8) is 0 Å². The second-order valence-electron chi connectivity index (χ2n) is 7.45. The number of carbonyl (C=O) groups excluding carboxylic acids is 1. The van der Waals surface area contributed by atoms with E-state index in [2.05, 4.69) is 30.1 Å². The zero-order chi connectivity index (χ0) is 20.3. The Balaban J connectivity index is 2.08. The van der Waals surface area contributed by atoms with E-state index in [1.54, 1.807) is 14.2 Å². The van der Waals surface area contributed by atoms with Gasteiger partial charge in [0.2, 0.25) is 0 Å². The molecular weight excluding hydrogens is 354 g/mol. The first-order valence-corrected chi connectivity index (χ1v) is 10.2. The Morgan fingerprint density at radius 2 is 2.00 bits per heavy atom. The standard InChI is InChI=1S/C22H33N3O3/c1-6-22(11-12-23-3)20-10-8-9-18-16(13-17(27-4)14-19(18)28-5)15-24(20)21(26)25(22)7-2/h10,13-14,23H,6-9,11-12,15H2,1-5H3/b20-10-. The molecule has 2 heterocycles. The van der Waals surface area contributed by atoms with E-state index < -0.39 is 0 Å². The second kappa shape index (κ2) is 8.43. The average Bonchev–Trinajstić information content (AvgIpc) is 2.91. The van der Waals surface area contributed by atoms with Gasteiger partial charge >= 0.3 is 6.03 Å². The number of urea groups is 1. The lowest BCUT2D eigenvalue weighted by Crippen LogP contribution is -2.47. The number of fused-ring (bicyclic) bond motifs is 2. The van der Waals surface area contributed by atoms with E-state index in [1.165, 1.54) is 5.56 Å². The summed E-state index contributed by atoms with van der Waals surface area (Å²) >= 11 is 0. The third kappa shape index (κ3) is 3.24. The van der Waals surface area contributed by atoms with Crippen LogP contribution in [0.2, 0.25) is 0 Å². The van der Waals surface area contributed by atoms with Gasteiger partial charge in [-0.2, -0.15) is 0 Å². The molecular formula is C22H33N3O3. The number of amides is 2. The van der Waals surface area contributed by atoms with Crippen molar-refractivity contribution in [2.75, 3.05) is 34.4 Å². The molecule has 1 fully saturated rings. The number of hydrogen-bond donors (Lipinski definition) is 1. The van der Waals surface area contributed by atoms with E-state index in [9.17, 15) is 4.79 Å². The molecule has 0 radical (unpaired) electrons. The minimum absolute atomic E-state index is 0.0985. The Morgan fingerprint density at radius 1 is 1.21 bits per heavy atom. The van der Waals surface area contributed by atoms with Crippen molar-refractivity contribution >= 4 is 6.03 Å². The Bertz CT molecular complexity index is 762. The van der Waals surface area contributed by atoms with Gasteiger partial charge in [0.15, 0.2) is 0 Å². The molecule has 2 amide bonds. The van der Waals surface area contributed by atoms with E-state index in [4.69, 9.17) is 9.47 Å². The van der Waals surface area contributed by atoms with Crippen LogP contribution in [-0.4, -0.2) is 55.7 Å². The first kappa shape index (κ1) is 20.5. The molecule has 1 unspecified atom stereocenters. The second-order valence-corrected chi connectivity index (χ2v) is 7.45. The quantitative estimate of drug-likeness (QED) is 0.777. The first-order valence-electron chi connectivity index (χ1n) is 10.2. The number of allylic oxidation sites excluding steroid dienone is 1. The van der Waals surface area contributed by atoms with Gasteiger partial charge in [-0.05, 0) is 63.4 Å². The maximum atomic E-state index is 13.4. The number of benzene rings is 1. The van der Waals surface area contributed by atoms with Gasteiger partial charge in [-0.1, -0.05) is 13.0 Å². The number of carbonyl (C=O) groups is 1. The van der Waals surface area contributed by atoms with Gasteiger partial charge in [-0.15, -0.1) is 0 Å². The van der Waals surface area contributed by atoms with Gasteiger partial charge in [-0.25, -0.2) is 4.79 Å². The number of likely N-dealkylation sites (N-methyl/N-ethyl adjacent to an activating group) is 1. The topological polar surface area (TPSA) is 54.0 Å². The third-order valence-electron chi connectivity index (χ3n) is 6.23. The number of hydrogen-bond acceptors (Lipinski definition) is 4. The van der Waals surface area contributed by atoms with Crippen LogP contribution in [0.1, 0.15) is 44.2 Å². The highest BCUT2D eigenvalue weighted by atomic mass is 16.5. The van der Waals surface area contributed by atoms with E-state index in [-0.39, 0.29) is 11.6 Å². The van der Waals surface area contributed by atoms with Crippen LogP contribution in [0.3, 0.4) is 0 Å². The van der Waals surface area contributed by atoms with E-state index in [0.717, 1.165) is 55.0 Å². The van der Waals surface area contributed by atoms with Crippen LogP contribution in [-0.2, 0) is 13.0 Å². The molecule has 2 aliphatic rings. The van der Waals surface area contributed by atoms with Crippen LogP contribution in [0.5, 0.6) is 11.5 Å². The predicted molar refractivity (Wildman–Crippen MR) is 111 cm³/mol. The maximum Gasteiger partial charge on any atom is 0.325 e. The van der Waals surface area contributed by atoms with Crippen molar-refractivity contribution in [3.05, 3.63) is 35.0 Å². The Labute approximate surface area is 168 Å². The monoisotopic (exact) mass is 387 g/mol. The molecule has 1 atom stereocenters. The number of nitrogens with zero attached hydrogens (tertiary/aromatic N) is 2. The number of rotatable bonds is 7. The van der Waals surface area contributed by atoms with E-state index in [0.29, 0.717) is 13.1 Å². The summed E-state index contributed by atoms with van der Waals surface area (Å²) in [5.41, 5.74) is 3.19. The largest absolute Gasteiger partial charge is 0.497 e. The van der Waals surface area contributed by atoms with Crippen LogP contribution in [0.4, 0.5) is 4.79 Å². The molecule has 1 N–H and O–H groups in total. The Morgan fingerprint density at radius 3 is 2.61 bits per heavy atom. The molecule has 6 nitrogen and oxygen atoms in total. The maximum absolute atomic E-state index is 13.4. The summed E-state index contributed by atoms with van der Waals surface area (Å²) in [6.07, 6.45) is 5.88. The van der Waals surface area contributed by atoms with Crippen molar-refractivity contribution in [1.82, 2.24) is 15.1 Å². The fourth-order valence-corrected chi connectivity index (χ4v) is 4.78. The minimum atomic E-state index is -0.241. The van der Waals surface area contributed by atoms with Crippen LogP contribution in [0.25, 0.3) is 0 Å². The van der Waals surface area contributed by atoms with E-state index >= 15 is 0 Å². The molecule has 0 aliphatic carbocycles. The summed E-state index contributed by atoms with van der Waals surface area (Å²) in [6, 6.07) is 4.07. The lowest BCUT2D eigenvalue weighted by atomic mass is 9.85. The average molecular weight is 388 g/mol. The Kier molecular flexibility index (Phi) is 6.18. The highest BCUT2D eigenvalue weighted by Gasteiger charge is 2.51. The molecule has 1 aromatic carbocycles. The molecule has 1 aromatic rings. The summed E-state index contributed by atoms with van der Waals surface area (Å²) in [5.74, 6) is 1.60. The Hall–Kier alpha value is -2.21. The van der Waals surface area contributed by atoms with Crippen LogP contribution < -0.4 is 14.8 Å².